The molecule has 4 rings (SSSR count). The molecule has 2 aromatic carbocycles. The number of esters is 4. The summed E-state index contributed by atoms with van der Waals surface area (Å²) in [6.45, 7) is 17.4. The number of hydrogen-bond acceptors (Lipinski definition) is 13. The van der Waals surface area contributed by atoms with Crippen LogP contribution in [0.3, 0.4) is 0 Å². The number of benzene rings is 2. The predicted molar refractivity (Wildman–Crippen MR) is 281 cm³/mol. The van der Waals surface area contributed by atoms with Crippen LogP contribution in [-0.4, -0.2) is 154 Å². The van der Waals surface area contributed by atoms with Crippen LogP contribution in [0.2, 0.25) is 0 Å². The molecule has 1 saturated heterocycles. The minimum Gasteiger partial charge on any atom is -0.451 e. The quantitative estimate of drug-likeness (QED) is 0.113. The number of cyclic esters (lactones) is 4. The van der Waals surface area contributed by atoms with E-state index in [1.807, 2.05) is 55.4 Å². The van der Waals surface area contributed by atoms with Crippen LogP contribution in [0.4, 0.5) is 8.78 Å². The van der Waals surface area contributed by atoms with Gasteiger partial charge in [-0.1, -0.05) is 110 Å². The first-order chi connectivity index (χ1) is 36.1. The molecule has 0 radical (unpaired) electrons. The van der Waals surface area contributed by atoms with Crippen molar-refractivity contribution in [3.05, 3.63) is 89.2 Å². The van der Waals surface area contributed by atoms with Gasteiger partial charge >= 0.3 is 23.9 Å². The van der Waals surface area contributed by atoms with E-state index in [0.717, 1.165) is 25.8 Å². The van der Waals surface area contributed by atoms with Crippen LogP contribution in [0.1, 0.15) is 124 Å². The number of hydrogen-bond donors (Lipinski definition) is 0. The third-order valence-electron chi connectivity index (χ3n) is 13.4. The Morgan fingerprint density at radius 3 is 1.13 bits per heavy atom. The van der Waals surface area contributed by atoms with E-state index in [1.165, 1.54) is 52.9 Å². The number of nitrogens with zero attached hydrogens (tertiary/aromatic N) is 6. The van der Waals surface area contributed by atoms with Crippen LogP contribution in [0.15, 0.2) is 67.0 Å². The third kappa shape index (κ3) is 17.9. The summed E-state index contributed by atoms with van der Waals surface area (Å²) in [5.41, 5.74) is 1.58. The van der Waals surface area contributed by atoms with Crippen molar-refractivity contribution in [2.24, 2.45) is 23.7 Å². The van der Waals surface area contributed by atoms with Crippen molar-refractivity contribution in [1.29, 1.82) is 0 Å². The highest BCUT2D eigenvalue weighted by Crippen LogP contribution is 2.25. The van der Waals surface area contributed by atoms with E-state index < -0.39 is 103 Å². The Morgan fingerprint density at radius 2 is 0.792 bits per heavy atom. The number of aromatic nitrogens is 2. The Kier molecular flexibility index (Phi) is 23.3. The molecule has 0 aliphatic carbocycles. The molecule has 0 saturated carbocycles. The largest absolute Gasteiger partial charge is 0.451 e. The molecule has 1 aromatic heterocycles. The van der Waals surface area contributed by atoms with Crippen LogP contribution in [0.25, 0.3) is 0 Å². The van der Waals surface area contributed by atoms with E-state index in [9.17, 15) is 47.1 Å². The lowest BCUT2D eigenvalue weighted by atomic mass is 9.99. The van der Waals surface area contributed by atoms with Gasteiger partial charge in [0.05, 0.1) is 18.3 Å². The molecular formula is C57H80F2N6O12. The average Bonchev–Trinajstić information content (AvgIpc) is 3.85. The van der Waals surface area contributed by atoms with Gasteiger partial charge in [-0.3, -0.25) is 23.9 Å². The average molecular weight is 1080 g/mol. The van der Waals surface area contributed by atoms with Crippen LogP contribution < -0.4 is 0 Å². The zero-order valence-corrected chi connectivity index (χ0v) is 47.1. The minimum atomic E-state index is -2.69. The molecule has 0 bridgehead atoms. The summed E-state index contributed by atoms with van der Waals surface area (Å²) in [7, 11) is 5.44. The number of ether oxygens (including phenoxy) is 4. The molecule has 2 heterocycles. The van der Waals surface area contributed by atoms with Gasteiger partial charge in [0, 0.05) is 47.2 Å². The molecule has 0 N–H and O–H groups in total. The third-order valence-corrected chi connectivity index (χ3v) is 13.4. The molecular weight excluding hydrogens is 999 g/mol. The number of carbonyl (C=O) groups excluding carboxylic acids is 8. The van der Waals surface area contributed by atoms with Crippen molar-refractivity contribution in [2.45, 2.75) is 169 Å². The summed E-state index contributed by atoms with van der Waals surface area (Å²) in [6.07, 6.45) is -6.58. The van der Waals surface area contributed by atoms with Crippen LogP contribution in [-0.2, 0) is 76.7 Å². The number of alkyl halides is 2. The Bertz CT molecular complexity index is 2470. The van der Waals surface area contributed by atoms with Gasteiger partial charge in [-0.25, -0.2) is 28.0 Å². The molecule has 18 nitrogen and oxygen atoms in total. The van der Waals surface area contributed by atoms with Gasteiger partial charge in [0.25, 0.3) is 30.1 Å². The fraction of sp³-hybridized carbons (Fsp3) is 0.596. The molecule has 0 unspecified atom stereocenters. The van der Waals surface area contributed by atoms with Gasteiger partial charge < -0.3 is 38.5 Å². The molecule has 4 amide bonds. The topological polar surface area (TPSA) is 204 Å². The highest BCUT2D eigenvalue weighted by Gasteiger charge is 2.43. The molecule has 1 fully saturated rings. The molecule has 3 aromatic rings. The zero-order valence-electron chi connectivity index (χ0n) is 47.1. The second-order valence-corrected chi connectivity index (χ2v) is 21.9. The highest BCUT2D eigenvalue weighted by molar-refractivity contribution is 5.94. The maximum Gasteiger partial charge on any atom is 0.329 e. The first-order valence-electron chi connectivity index (χ1n) is 26.4. The molecule has 1 aliphatic heterocycles. The summed E-state index contributed by atoms with van der Waals surface area (Å²) in [4.78, 5) is 121. The fourth-order valence-electron chi connectivity index (χ4n) is 9.07. The number of amides is 4. The zero-order chi connectivity index (χ0) is 57.6. The standard InChI is InChI=1S/C57H80F2N6O12/c1-33(2)24-43-54(70)74-38(10)51(67)62(12)46(27-36(7)8)57(73)77-48(29-40-20-22-41(23-21-40)31-65-32-42(30-60-65)49(58)59)53(69)64(14)44(25-34(3)4)55(71)75-37(9)50(66)61(11)45(26-35(5)6)56(72)76-47(52(68)63(43)13)28-39-18-16-15-17-19-39/h15-23,30,32-38,43-49H,24-29,31H2,1-14H3/t37-,38-,43+,44+,45+,46+,47-,48-/m1/s1. The van der Waals surface area contributed by atoms with Gasteiger partial charge in [0.1, 0.15) is 24.2 Å². The Hall–Kier alpha value is -6.73. The normalized spacial score (nSPS) is 23.8. The highest BCUT2D eigenvalue weighted by atomic mass is 19.3. The van der Waals surface area contributed by atoms with Crippen molar-refractivity contribution >= 4 is 47.5 Å². The Morgan fingerprint density at radius 1 is 0.468 bits per heavy atom. The van der Waals surface area contributed by atoms with E-state index in [-0.39, 0.29) is 74.3 Å². The van der Waals surface area contributed by atoms with E-state index in [2.05, 4.69) is 5.10 Å². The number of carbonyl (C=O) groups is 8. The van der Waals surface area contributed by atoms with E-state index in [1.54, 1.807) is 54.6 Å². The summed E-state index contributed by atoms with van der Waals surface area (Å²) in [5, 5.41) is 4.01. The summed E-state index contributed by atoms with van der Waals surface area (Å²) >= 11 is 0. The van der Waals surface area contributed by atoms with E-state index in [4.69, 9.17) is 18.9 Å². The molecule has 20 heteroatoms. The lowest BCUT2D eigenvalue weighted by Gasteiger charge is -2.35. The lowest BCUT2D eigenvalue weighted by Crippen LogP contribution is -2.55. The maximum absolute atomic E-state index is 14.9. The van der Waals surface area contributed by atoms with Gasteiger partial charge in [-0.15, -0.1) is 0 Å². The van der Waals surface area contributed by atoms with Crippen LogP contribution in [0, 0.1) is 23.7 Å². The monoisotopic (exact) mass is 1080 g/mol. The van der Waals surface area contributed by atoms with E-state index in [0.29, 0.717) is 16.7 Å². The Balaban J connectivity index is 1.85. The van der Waals surface area contributed by atoms with Crippen LogP contribution in [0.5, 0.6) is 0 Å². The number of likely N-dealkylation sites (N-methyl/N-ethyl adjacent to an activating group) is 4. The molecule has 77 heavy (non-hydrogen) atoms. The molecule has 424 valence electrons. The summed E-state index contributed by atoms with van der Waals surface area (Å²) in [6, 6.07) is 10.3. The molecule has 1 aliphatic rings. The minimum absolute atomic E-state index is 0.0450. The predicted octanol–water partition coefficient (Wildman–Crippen LogP) is 6.85. The molecule has 0 spiro atoms. The van der Waals surface area contributed by atoms with Gasteiger partial charge in [0.2, 0.25) is 0 Å². The van der Waals surface area contributed by atoms with Gasteiger partial charge in [-0.05, 0) is 79.9 Å². The smallest absolute Gasteiger partial charge is 0.329 e. The van der Waals surface area contributed by atoms with Crippen molar-refractivity contribution < 1.29 is 66.1 Å². The fourth-order valence-corrected chi connectivity index (χ4v) is 9.07. The Labute approximate surface area is 452 Å². The summed E-state index contributed by atoms with van der Waals surface area (Å²) < 4.78 is 51.8. The van der Waals surface area contributed by atoms with Gasteiger partial charge in [-0.2, -0.15) is 5.10 Å². The second-order valence-electron chi connectivity index (χ2n) is 21.9. The van der Waals surface area contributed by atoms with E-state index >= 15 is 0 Å². The SMILES string of the molecule is CC(C)C[C@H]1C(=O)O[C@H](Cc2ccc(Cn3cc(C(F)F)cn3)cc2)C(=O)N(C)[C@@H](CC(C)C)C(=O)O[C@H](C)C(=O)N(C)[C@@H](CC(C)C)C(=O)O[C@H](Cc2ccccc2)C(=O)N(C)[C@@H](CC(C)C)C(=O)O[C@H](C)C(=O)N1C. The summed E-state index contributed by atoms with van der Waals surface area (Å²) in [5.74, 6) is -7.73. The van der Waals surface area contributed by atoms with Crippen LogP contribution >= 0.6 is 0 Å². The number of halogens is 2. The number of rotatable bonds is 15. The first kappa shape index (κ1) is 62.8. The van der Waals surface area contributed by atoms with Crippen molar-refractivity contribution in [1.82, 2.24) is 29.4 Å². The van der Waals surface area contributed by atoms with Crippen molar-refractivity contribution in [2.75, 3.05) is 28.2 Å². The van der Waals surface area contributed by atoms with Crippen molar-refractivity contribution in [3.63, 3.8) is 0 Å². The lowest BCUT2D eigenvalue weighted by molar-refractivity contribution is -0.176. The molecule has 8 atom stereocenters. The first-order valence-corrected chi connectivity index (χ1v) is 26.4. The maximum atomic E-state index is 14.9. The second kappa shape index (κ2) is 28.6. The van der Waals surface area contributed by atoms with Gasteiger partial charge in [0.15, 0.2) is 24.4 Å². The van der Waals surface area contributed by atoms with Crippen molar-refractivity contribution in [3.8, 4) is 0 Å².